The molecule has 1 atom stereocenters. The number of nitrogens with zero attached hydrogens (tertiary/aromatic N) is 1. The van der Waals surface area contributed by atoms with E-state index in [0.717, 1.165) is 0 Å². The van der Waals surface area contributed by atoms with Crippen molar-refractivity contribution in [2.75, 3.05) is 5.73 Å². The van der Waals surface area contributed by atoms with E-state index in [2.05, 4.69) is 5.32 Å². The molecule has 0 bridgehead atoms. The predicted octanol–water partition coefficient (Wildman–Crippen LogP) is -0.517. The lowest BCUT2D eigenvalue weighted by Gasteiger charge is -2.21. The molecule has 90 valence electrons. The van der Waals surface area contributed by atoms with Gasteiger partial charge in [-0.2, -0.15) is 0 Å². The van der Waals surface area contributed by atoms with E-state index in [1.165, 1.54) is 22.9 Å². The number of anilines is 1. The van der Waals surface area contributed by atoms with Crippen molar-refractivity contribution in [2.24, 2.45) is 5.92 Å². The fourth-order valence-electron chi connectivity index (χ4n) is 1.84. The number of piperidine rings is 1. The van der Waals surface area contributed by atoms with Crippen LogP contribution in [-0.2, 0) is 16.1 Å². The molecule has 6 heteroatoms. The number of rotatable bonds is 2. The molecule has 17 heavy (non-hydrogen) atoms. The van der Waals surface area contributed by atoms with Crippen molar-refractivity contribution in [3.8, 4) is 0 Å². The second kappa shape index (κ2) is 4.40. The molecule has 0 saturated carbocycles. The van der Waals surface area contributed by atoms with E-state index in [4.69, 9.17) is 5.73 Å². The van der Waals surface area contributed by atoms with Crippen LogP contribution in [0.2, 0.25) is 0 Å². The first-order chi connectivity index (χ1) is 8.06. The van der Waals surface area contributed by atoms with Crippen molar-refractivity contribution >= 4 is 17.5 Å². The molecule has 2 amide bonds. The standard InChI is InChI=1S/C11H13N3O3/c12-8-2-4-10(16)14(6-8)5-7-1-3-9(15)13-11(7)17/h2,4,6-7H,1,3,5,12H2,(H,13,15,17). The maximum atomic E-state index is 11.5. The highest BCUT2D eigenvalue weighted by atomic mass is 16.2. The summed E-state index contributed by atoms with van der Waals surface area (Å²) in [6, 6.07) is 2.88. The third kappa shape index (κ3) is 2.52. The Morgan fingerprint density at radius 2 is 2.12 bits per heavy atom. The smallest absolute Gasteiger partial charge is 0.250 e. The van der Waals surface area contributed by atoms with Gasteiger partial charge in [0.1, 0.15) is 0 Å². The molecule has 0 aliphatic carbocycles. The molecule has 0 radical (unpaired) electrons. The molecule has 1 aliphatic rings. The van der Waals surface area contributed by atoms with Crippen molar-refractivity contribution in [3.63, 3.8) is 0 Å². The Morgan fingerprint density at radius 1 is 1.35 bits per heavy atom. The van der Waals surface area contributed by atoms with Crippen LogP contribution >= 0.6 is 0 Å². The van der Waals surface area contributed by atoms with Crippen LogP contribution in [0.5, 0.6) is 0 Å². The summed E-state index contributed by atoms with van der Waals surface area (Å²) in [6.45, 7) is 0.253. The fourth-order valence-corrected chi connectivity index (χ4v) is 1.84. The molecule has 1 saturated heterocycles. The third-order valence-corrected chi connectivity index (χ3v) is 2.78. The molecular formula is C11H13N3O3. The normalized spacial score (nSPS) is 20.1. The maximum absolute atomic E-state index is 11.5. The van der Waals surface area contributed by atoms with Crippen LogP contribution in [0.1, 0.15) is 12.8 Å². The van der Waals surface area contributed by atoms with E-state index in [0.29, 0.717) is 18.5 Å². The van der Waals surface area contributed by atoms with Gasteiger partial charge >= 0.3 is 0 Å². The zero-order valence-electron chi connectivity index (χ0n) is 9.18. The average molecular weight is 235 g/mol. The quantitative estimate of drug-likeness (QED) is 0.674. The van der Waals surface area contributed by atoms with Gasteiger partial charge in [-0.1, -0.05) is 0 Å². The van der Waals surface area contributed by atoms with Gasteiger partial charge in [-0.05, 0) is 12.5 Å². The molecule has 1 aromatic heterocycles. The lowest BCUT2D eigenvalue weighted by molar-refractivity contribution is -0.136. The third-order valence-electron chi connectivity index (χ3n) is 2.78. The van der Waals surface area contributed by atoms with Crippen LogP contribution in [0, 0.1) is 5.92 Å². The Labute approximate surface area is 97.4 Å². The topological polar surface area (TPSA) is 94.2 Å². The Balaban J connectivity index is 2.15. The van der Waals surface area contributed by atoms with Crippen molar-refractivity contribution in [1.29, 1.82) is 0 Å². The molecule has 1 aromatic rings. The van der Waals surface area contributed by atoms with Crippen molar-refractivity contribution < 1.29 is 9.59 Å². The van der Waals surface area contributed by atoms with Gasteiger partial charge in [0.25, 0.3) is 5.56 Å². The highest BCUT2D eigenvalue weighted by Crippen LogP contribution is 2.14. The second-order valence-corrected chi connectivity index (χ2v) is 4.10. The minimum absolute atomic E-state index is 0.205. The Kier molecular flexibility index (Phi) is 2.95. The number of pyridine rings is 1. The molecule has 1 unspecified atom stereocenters. The van der Waals surface area contributed by atoms with Gasteiger partial charge in [0.05, 0.1) is 5.92 Å². The number of nitrogen functional groups attached to an aromatic ring is 1. The average Bonchev–Trinajstić information content (AvgIpc) is 2.27. The summed E-state index contributed by atoms with van der Waals surface area (Å²) in [7, 11) is 0. The summed E-state index contributed by atoms with van der Waals surface area (Å²) in [5, 5.41) is 2.26. The van der Waals surface area contributed by atoms with Crippen molar-refractivity contribution in [3.05, 3.63) is 28.7 Å². The fraction of sp³-hybridized carbons (Fsp3) is 0.364. The zero-order chi connectivity index (χ0) is 12.4. The van der Waals surface area contributed by atoms with Gasteiger partial charge < -0.3 is 10.3 Å². The molecule has 2 rings (SSSR count). The van der Waals surface area contributed by atoms with Crippen LogP contribution in [0.15, 0.2) is 23.1 Å². The highest BCUT2D eigenvalue weighted by Gasteiger charge is 2.26. The van der Waals surface area contributed by atoms with E-state index < -0.39 is 0 Å². The first-order valence-electron chi connectivity index (χ1n) is 5.36. The van der Waals surface area contributed by atoms with Gasteiger partial charge in [-0.15, -0.1) is 0 Å². The van der Waals surface area contributed by atoms with Gasteiger partial charge in [-0.3, -0.25) is 19.7 Å². The number of imide groups is 1. The number of amides is 2. The van der Waals surface area contributed by atoms with Crippen LogP contribution in [0.25, 0.3) is 0 Å². The Hall–Kier alpha value is -2.11. The zero-order valence-corrected chi connectivity index (χ0v) is 9.18. The first kappa shape index (κ1) is 11.4. The number of hydrogen-bond acceptors (Lipinski definition) is 4. The number of nitrogens with one attached hydrogen (secondary N) is 1. The molecule has 3 N–H and O–H groups in total. The van der Waals surface area contributed by atoms with E-state index in [-0.39, 0.29) is 29.8 Å². The summed E-state index contributed by atoms with van der Waals surface area (Å²) >= 11 is 0. The maximum Gasteiger partial charge on any atom is 0.250 e. The number of carbonyl (C=O) groups excluding carboxylic acids is 2. The summed E-state index contributed by atoms with van der Waals surface area (Å²) in [6.07, 6.45) is 2.28. The molecule has 6 nitrogen and oxygen atoms in total. The van der Waals surface area contributed by atoms with Gasteiger partial charge in [0, 0.05) is 30.9 Å². The van der Waals surface area contributed by atoms with Crippen LogP contribution in [-0.4, -0.2) is 16.4 Å². The molecular weight excluding hydrogens is 222 g/mol. The molecule has 2 heterocycles. The van der Waals surface area contributed by atoms with Gasteiger partial charge in [-0.25, -0.2) is 0 Å². The number of aromatic nitrogens is 1. The molecule has 1 fully saturated rings. The SMILES string of the molecule is Nc1ccc(=O)n(CC2CCC(=O)NC2=O)c1. The van der Waals surface area contributed by atoms with E-state index >= 15 is 0 Å². The number of hydrogen-bond donors (Lipinski definition) is 2. The highest BCUT2D eigenvalue weighted by molar-refractivity contribution is 5.98. The minimum Gasteiger partial charge on any atom is -0.398 e. The van der Waals surface area contributed by atoms with Crippen molar-refractivity contribution in [2.45, 2.75) is 19.4 Å². The largest absolute Gasteiger partial charge is 0.398 e. The molecule has 0 spiro atoms. The summed E-state index contributed by atoms with van der Waals surface area (Å²) in [5.41, 5.74) is 5.84. The van der Waals surface area contributed by atoms with Gasteiger partial charge in [0.2, 0.25) is 11.8 Å². The summed E-state index contributed by atoms with van der Waals surface area (Å²) in [5.74, 6) is -0.936. The monoisotopic (exact) mass is 235 g/mol. The Morgan fingerprint density at radius 3 is 2.82 bits per heavy atom. The van der Waals surface area contributed by atoms with Crippen LogP contribution in [0.3, 0.4) is 0 Å². The van der Waals surface area contributed by atoms with E-state index in [9.17, 15) is 14.4 Å². The van der Waals surface area contributed by atoms with Crippen molar-refractivity contribution in [1.82, 2.24) is 9.88 Å². The van der Waals surface area contributed by atoms with E-state index in [1.54, 1.807) is 0 Å². The Bertz CT molecular complexity index is 521. The first-order valence-corrected chi connectivity index (χ1v) is 5.36. The lowest BCUT2D eigenvalue weighted by Crippen LogP contribution is -2.43. The van der Waals surface area contributed by atoms with E-state index in [1.807, 2.05) is 0 Å². The van der Waals surface area contributed by atoms with Crippen LogP contribution in [0.4, 0.5) is 5.69 Å². The number of carbonyl (C=O) groups is 2. The van der Waals surface area contributed by atoms with Crippen LogP contribution < -0.4 is 16.6 Å². The predicted molar refractivity (Wildman–Crippen MR) is 61.0 cm³/mol. The summed E-state index contributed by atoms with van der Waals surface area (Å²) < 4.78 is 1.40. The minimum atomic E-state index is -0.354. The second-order valence-electron chi connectivity index (χ2n) is 4.10. The number of nitrogens with two attached hydrogens (primary N) is 1. The molecule has 0 aromatic carbocycles. The molecule has 1 aliphatic heterocycles. The van der Waals surface area contributed by atoms with Gasteiger partial charge in [0.15, 0.2) is 0 Å². The lowest BCUT2D eigenvalue weighted by atomic mass is 9.98. The summed E-state index contributed by atoms with van der Waals surface area (Å²) in [4.78, 5) is 34.0.